The lowest BCUT2D eigenvalue weighted by molar-refractivity contribution is 0.0202. The first kappa shape index (κ1) is 10.5. The van der Waals surface area contributed by atoms with Gasteiger partial charge in [-0.25, -0.2) is 0 Å². The van der Waals surface area contributed by atoms with Crippen LogP contribution in [0.25, 0.3) is 0 Å². The molecule has 0 radical (unpaired) electrons. The Morgan fingerprint density at radius 2 is 2.38 bits per heavy atom. The number of hydrogen-bond acceptors (Lipinski definition) is 4. The zero-order valence-electron chi connectivity index (χ0n) is 8.04. The molecule has 1 aromatic rings. The molecule has 3 N–H and O–H groups in total. The third-order valence-electron chi connectivity index (χ3n) is 1.53. The lowest BCUT2D eigenvalue weighted by atomic mass is 10.2. The van der Waals surface area contributed by atoms with Crippen LogP contribution < -0.4 is 11.2 Å². The Bertz CT molecular complexity index is 248. The zero-order chi connectivity index (χ0) is 9.68. The number of nitrogens with two attached hydrogens (primary N) is 1. The summed E-state index contributed by atoms with van der Waals surface area (Å²) in [5.74, 6) is 0.549. The van der Waals surface area contributed by atoms with Gasteiger partial charge in [-0.05, 0) is 17.4 Å². The van der Waals surface area contributed by atoms with Gasteiger partial charge in [0.15, 0.2) is 0 Å². The minimum Gasteiger partial charge on any atom is -0.398 e. The van der Waals surface area contributed by atoms with Crippen molar-refractivity contribution in [1.29, 1.82) is 0 Å². The van der Waals surface area contributed by atoms with Gasteiger partial charge in [0.1, 0.15) is 0 Å². The van der Waals surface area contributed by atoms with E-state index in [0.29, 0.717) is 12.5 Å². The minimum absolute atomic E-state index is 0.549. The normalized spacial score (nSPS) is 11.0. The number of hydroxylamine groups is 1. The van der Waals surface area contributed by atoms with Crippen molar-refractivity contribution in [2.24, 2.45) is 5.92 Å². The summed E-state index contributed by atoms with van der Waals surface area (Å²) in [5.41, 5.74) is 9.43. The Morgan fingerprint density at radius 1 is 1.62 bits per heavy atom. The smallest absolute Gasteiger partial charge is 0.0705 e. The summed E-state index contributed by atoms with van der Waals surface area (Å²) in [5, 5.41) is 1.98. The average Bonchev–Trinajstić information content (AvgIpc) is 2.45. The van der Waals surface area contributed by atoms with Gasteiger partial charge in [-0.15, -0.1) is 11.3 Å². The van der Waals surface area contributed by atoms with Gasteiger partial charge in [-0.3, -0.25) is 0 Å². The van der Waals surface area contributed by atoms with Gasteiger partial charge in [-0.2, -0.15) is 5.48 Å². The van der Waals surface area contributed by atoms with Gasteiger partial charge in [-0.1, -0.05) is 13.8 Å². The standard InChI is InChI=1S/C9H16N2OS/c1-7(2)6-12-11-5-9-8(10)3-4-13-9/h3-4,7,11H,5-6,10H2,1-2H3. The highest BCUT2D eigenvalue weighted by molar-refractivity contribution is 7.10. The summed E-state index contributed by atoms with van der Waals surface area (Å²) in [4.78, 5) is 6.35. The van der Waals surface area contributed by atoms with Crippen LogP contribution in [0.15, 0.2) is 11.4 Å². The monoisotopic (exact) mass is 200 g/mol. The highest BCUT2D eigenvalue weighted by atomic mass is 32.1. The lowest BCUT2D eigenvalue weighted by Crippen LogP contribution is -2.17. The topological polar surface area (TPSA) is 47.3 Å². The average molecular weight is 200 g/mol. The van der Waals surface area contributed by atoms with Gasteiger partial charge in [0.2, 0.25) is 0 Å². The molecule has 0 amide bonds. The van der Waals surface area contributed by atoms with Crippen molar-refractivity contribution in [3.8, 4) is 0 Å². The van der Waals surface area contributed by atoms with E-state index in [1.807, 2.05) is 11.4 Å². The van der Waals surface area contributed by atoms with E-state index >= 15 is 0 Å². The van der Waals surface area contributed by atoms with Gasteiger partial charge < -0.3 is 10.6 Å². The summed E-state index contributed by atoms with van der Waals surface area (Å²) in [6.45, 7) is 5.64. The molecule has 0 aromatic carbocycles. The molecule has 0 spiro atoms. The molecular weight excluding hydrogens is 184 g/mol. The van der Waals surface area contributed by atoms with Gasteiger partial charge in [0.25, 0.3) is 0 Å². The first-order valence-electron chi connectivity index (χ1n) is 4.36. The van der Waals surface area contributed by atoms with Crippen LogP contribution in [0.2, 0.25) is 0 Å². The van der Waals surface area contributed by atoms with Crippen LogP contribution >= 0.6 is 11.3 Å². The van der Waals surface area contributed by atoms with Crippen molar-refractivity contribution < 1.29 is 4.84 Å². The maximum absolute atomic E-state index is 5.70. The van der Waals surface area contributed by atoms with Crippen LogP contribution in [-0.2, 0) is 11.4 Å². The van der Waals surface area contributed by atoms with Crippen molar-refractivity contribution >= 4 is 17.0 Å². The van der Waals surface area contributed by atoms with E-state index in [-0.39, 0.29) is 0 Å². The molecule has 74 valence electrons. The molecule has 1 rings (SSSR count). The van der Waals surface area contributed by atoms with E-state index in [4.69, 9.17) is 10.6 Å². The Labute approximate surface area is 82.9 Å². The first-order chi connectivity index (χ1) is 6.20. The molecule has 3 nitrogen and oxygen atoms in total. The quantitative estimate of drug-likeness (QED) is 0.564. The molecular formula is C9H16N2OS. The maximum atomic E-state index is 5.70. The van der Waals surface area contributed by atoms with Crippen molar-refractivity contribution in [1.82, 2.24) is 5.48 Å². The molecule has 4 heteroatoms. The molecule has 1 aromatic heterocycles. The summed E-state index contributed by atoms with van der Waals surface area (Å²) in [7, 11) is 0. The summed E-state index contributed by atoms with van der Waals surface area (Å²) in [6, 6.07) is 1.91. The largest absolute Gasteiger partial charge is 0.398 e. The Kier molecular flexibility index (Phi) is 4.21. The lowest BCUT2D eigenvalue weighted by Gasteiger charge is -2.06. The van der Waals surface area contributed by atoms with E-state index in [0.717, 1.165) is 17.2 Å². The second-order valence-electron chi connectivity index (χ2n) is 3.33. The molecule has 0 aliphatic carbocycles. The molecule has 0 aliphatic rings. The highest BCUT2D eigenvalue weighted by Crippen LogP contribution is 2.17. The SMILES string of the molecule is CC(C)CONCc1sccc1N. The number of thiophene rings is 1. The van der Waals surface area contributed by atoms with Crippen LogP contribution in [0.4, 0.5) is 5.69 Å². The summed E-state index contributed by atoms with van der Waals surface area (Å²) >= 11 is 1.64. The van der Waals surface area contributed by atoms with E-state index in [1.54, 1.807) is 11.3 Å². The Morgan fingerprint density at radius 3 is 2.92 bits per heavy atom. The molecule has 0 saturated heterocycles. The molecule has 13 heavy (non-hydrogen) atoms. The van der Waals surface area contributed by atoms with Crippen LogP contribution in [-0.4, -0.2) is 6.61 Å². The highest BCUT2D eigenvalue weighted by Gasteiger charge is 1.99. The molecule has 0 unspecified atom stereocenters. The minimum atomic E-state index is 0.549. The van der Waals surface area contributed by atoms with Crippen molar-refractivity contribution in [3.05, 3.63) is 16.3 Å². The number of nitrogens with one attached hydrogen (secondary N) is 1. The molecule has 0 fully saturated rings. The molecule has 0 atom stereocenters. The van der Waals surface area contributed by atoms with E-state index in [2.05, 4.69) is 19.3 Å². The van der Waals surface area contributed by atoms with Gasteiger partial charge in [0, 0.05) is 10.6 Å². The zero-order valence-corrected chi connectivity index (χ0v) is 8.86. The predicted octanol–water partition coefficient (Wildman–Crippen LogP) is 2.01. The molecule has 0 bridgehead atoms. The predicted molar refractivity (Wildman–Crippen MR) is 56.4 cm³/mol. The maximum Gasteiger partial charge on any atom is 0.0705 e. The molecule has 0 saturated carbocycles. The van der Waals surface area contributed by atoms with Crippen molar-refractivity contribution in [3.63, 3.8) is 0 Å². The van der Waals surface area contributed by atoms with Crippen molar-refractivity contribution in [2.75, 3.05) is 12.3 Å². The second-order valence-corrected chi connectivity index (χ2v) is 4.33. The summed E-state index contributed by atoms with van der Waals surface area (Å²) < 4.78 is 0. The van der Waals surface area contributed by atoms with Crippen LogP contribution in [0.3, 0.4) is 0 Å². The van der Waals surface area contributed by atoms with Crippen LogP contribution in [0.5, 0.6) is 0 Å². The molecule has 1 heterocycles. The number of anilines is 1. The van der Waals surface area contributed by atoms with E-state index in [1.165, 1.54) is 0 Å². The third kappa shape index (κ3) is 3.76. The Balaban J connectivity index is 2.17. The van der Waals surface area contributed by atoms with Crippen LogP contribution in [0.1, 0.15) is 18.7 Å². The second kappa shape index (κ2) is 5.21. The number of hydrogen-bond donors (Lipinski definition) is 2. The van der Waals surface area contributed by atoms with Crippen molar-refractivity contribution in [2.45, 2.75) is 20.4 Å². The van der Waals surface area contributed by atoms with Gasteiger partial charge in [0.05, 0.1) is 13.2 Å². The Hall–Kier alpha value is -0.580. The fourth-order valence-corrected chi connectivity index (χ4v) is 1.56. The third-order valence-corrected chi connectivity index (χ3v) is 2.47. The fraction of sp³-hybridized carbons (Fsp3) is 0.556. The van der Waals surface area contributed by atoms with E-state index in [9.17, 15) is 0 Å². The van der Waals surface area contributed by atoms with Gasteiger partial charge >= 0.3 is 0 Å². The van der Waals surface area contributed by atoms with Crippen LogP contribution in [0, 0.1) is 5.92 Å². The summed E-state index contributed by atoms with van der Waals surface area (Å²) in [6.07, 6.45) is 0. The number of rotatable bonds is 5. The van der Waals surface area contributed by atoms with E-state index < -0.39 is 0 Å². The first-order valence-corrected chi connectivity index (χ1v) is 5.24. The molecule has 0 aliphatic heterocycles. The fourth-order valence-electron chi connectivity index (χ4n) is 0.836. The number of nitrogen functional groups attached to an aromatic ring is 1.